The number of fused-ring (bicyclic) bond motifs is 1. The summed E-state index contributed by atoms with van der Waals surface area (Å²) in [4.78, 5) is 21.3. The van der Waals surface area contributed by atoms with Crippen LogP contribution in [-0.4, -0.2) is 65.0 Å². The second kappa shape index (κ2) is 8.31. The molecule has 0 radical (unpaired) electrons. The van der Waals surface area contributed by atoms with Crippen LogP contribution >= 0.6 is 0 Å². The Hall–Kier alpha value is -3.06. The van der Waals surface area contributed by atoms with E-state index in [1.165, 1.54) is 0 Å². The number of amides is 1. The summed E-state index contributed by atoms with van der Waals surface area (Å²) in [6, 6.07) is 13.2. The van der Waals surface area contributed by atoms with Crippen LogP contribution in [0.15, 0.2) is 54.9 Å². The number of hydrogen-bond donors (Lipinski definition) is 0. The van der Waals surface area contributed by atoms with Crippen molar-refractivity contribution in [2.24, 2.45) is 0 Å². The number of rotatable bonds is 6. The van der Waals surface area contributed by atoms with Crippen molar-refractivity contribution in [3.63, 3.8) is 0 Å². The first-order chi connectivity index (χ1) is 13.7. The largest absolute Gasteiger partial charge is 0.497 e. The van der Waals surface area contributed by atoms with Gasteiger partial charge < -0.3 is 18.8 Å². The van der Waals surface area contributed by atoms with E-state index < -0.39 is 0 Å². The number of ether oxygens (including phenoxy) is 2. The van der Waals surface area contributed by atoms with E-state index >= 15 is 0 Å². The molecule has 1 aliphatic rings. The van der Waals surface area contributed by atoms with Crippen LogP contribution in [0, 0.1) is 0 Å². The van der Waals surface area contributed by atoms with Crippen molar-refractivity contribution in [1.29, 1.82) is 0 Å². The number of methoxy groups -OCH3 is 1. The summed E-state index contributed by atoms with van der Waals surface area (Å²) in [5, 5.41) is 0. The van der Waals surface area contributed by atoms with Crippen molar-refractivity contribution in [2.45, 2.75) is 6.54 Å². The van der Waals surface area contributed by atoms with Crippen LogP contribution in [0.5, 0.6) is 11.5 Å². The molecular formula is C21H24N4O3. The van der Waals surface area contributed by atoms with Gasteiger partial charge in [0.05, 0.1) is 12.8 Å². The van der Waals surface area contributed by atoms with Gasteiger partial charge in [0, 0.05) is 45.1 Å². The van der Waals surface area contributed by atoms with Gasteiger partial charge in [-0.3, -0.25) is 9.69 Å². The molecule has 146 valence electrons. The Bertz CT molecular complexity index is 897. The minimum Gasteiger partial charge on any atom is -0.497 e. The molecule has 28 heavy (non-hydrogen) atoms. The summed E-state index contributed by atoms with van der Waals surface area (Å²) in [7, 11) is 1.62. The predicted molar refractivity (Wildman–Crippen MR) is 106 cm³/mol. The number of piperazine rings is 1. The van der Waals surface area contributed by atoms with Crippen LogP contribution in [0.4, 0.5) is 0 Å². The van der Waals surface area contributed by atoms with E-state index in [4.69, 9.17) is 9.47 Å². The topological polar surface area (TPSA) is 59.3 Å². The van der Waals surface area contributed by atoms with Gasteiger partial charge >= 0.3 is 0 Å². The smallest absolute Gasteiger partial charge is 0.260 e. The monoisotopic (exact) mass is 380 g/mol. The molecule has 0 aliphatic carbocycles. The molecule has 0 spiro atoms. The van der Waals surface area contributed by atoms with E-state index in [1.807, 2.05) is 45.8 Å². The zero-order valence-electron chi connectivity index (χ0n) is 16.0. The van der Waals surface area contributed by atoms with Gasteiger partial charge in [-0.1, -0.05) is 6.07 Å². The fraction of sp³-hybridized carbons (Fsp3) is 0.333. The molecule has 0 atom stereocenters. The summed E-state index contributed by atoms with van der Waals surface area (Å²) in [6.45, 7) is 3.94. The highest BCUT2D eigenvalue weighted by Gasteiger charge is 2.22. The van der Waals surface area contributed by atoms with Crippen molar-refractivity contribution in [3.05, 3.63) is 60.6 Å². The minimum atomic E-state index is 0.0169. The molecule has 1 aliphatic heterocycles. The third kappa shape index (κ3) is 4.26. The molecule has 4 rings (SSSR count). The molecule has 2 aromatic heterocycles. The molecule has 0 N–H and O–H groups in total. The van der Waals surface area contributed by atoms with Crippen molar-refractivity contribution in [2.75, 3.05) is 39.9 Å². The highest BCUT2D eigenvalue weighted by molar-refractivity contribution is 5.77. The molecule has 3 heterocycles. The Morgan fingerprint density at radius 3 is 2.50 bits per heavy atom. The van der Waals surface area contributed by atoms with Crippen molar-refractivity contribution < 1.29 is 14.3 Å². The van der Waals surface area contributed by atoms with Crippen LogP contribution in [0.1, 0.15) is 5.69 Å². The highest BCUT2D eigenvalue weighted by atomic mass is 16.5. The second-order valence-corrected chi connectivity index (χ2v) is 6.82. The van der Waals surface area contributed by atoms with Crippen LogP contribution in [0.3, 0.4) is 0 Å². The van der Waals surface area contributed by atoms with Gasteiger partial charge in [-0.2, -0.15) is 0 Å². The van der Waals surface area contributed by atoms with E-state index in [-0.39, 0.29) is 12.5 Å². The molecule has 1 fully saturated rings. The third-order valence-electron chi connectivity index (χ3n) is 4.95. The standard InChI is InChI=1S/C21H24N4O3/c1-27-18-5-7-19(8-6-18)28-16-21(26)24-12-10-23(11-13-24)14-17-15-25-9-3-2-4-20(25)22-17/h2-9,15H,10-14,16H2,1H3. The lowest BCUT2D eigenvalue weighted by Gasteiger charge is -2.34. The SMILES string of the molecule is COc1ccc(OCC(=O)N2CCN(Cc3cn4ccccc4n3)CC2)cc1. The number of aromatic nitrogens is 2. The Kier molecular flexibility index (Phi) is 5.43. The van der Waals surface area contributed by atoms with Crippen molar-refractivity contribution in [3.8, 4) is 11.5 Å². The van der Waals surface area contributed by atoms with Gasteiger partial charge in [-0.15, -0.1) is 0 Å². The van der Waals surface area contributed by atoms with Gasteiger partial charge in [0.1, 0.15) is 17.1 Å². The first-order valence-corrected chi connectivity index (χ1v) is 9.41. The molecule has 7 heteroatoms. The molecule has 7 nitrogen and oxygen atoms in total. The highest BCUT2D eigenvalue weighted by Crippen LogP contribution is 2.17. The van der Waals surface area contributed by atoms with Crippen molar-refractivity contribution in [1.82, 2.24) is 19.2 Å². The van der Waals surface area contributed by atoms with Crippen LogP contribution in [0.25, 0.3) is 5.65 Å². The lowest BCUT2D eigenvalue weighted by molar-refractivity contribution is -0.135. The Morgan fingerprint density at radius 2 is 1.79 bits per heavy atom. The van der Waals surface area contributed by atoms with Crippen molar-refractivity contribution >= 4 is 11.6 Å². The average molecular weight is 380 g/mol. The summed E-state index contributed by atoms with van der Waals surface area (Å²) in [5.41, 5.74) is 2.01. The van der Waals surface area contributed by atoms with Crippen LogP contribution < -0.4 is 9.47 Å². The first kappa shape index (κ1) is 18.3. The Labute approximate surface area is 164 Å². The van der Waals surface area contributed by atoms with Gasteiger partial charge in [0.2, 0.25) is 0 Å². The average Bonchev–Trinajstić information content (AvgIpc) is 3.15. The zero-order valence-corrected chi connectivity index (χ0v) is 16.0. The second-order valence-electron chi connectivity index (χ2n) is 6.82. The predicted octanol–water partition coefficient (Wildman–Crippen LogP) is 2.07. The molecule has 0 saturated carbocycles. The Morgan fingerprint density at radius 1 is 1.04 bits per heavy atom. The van der Waals surface area contributed by atoms with Crippen LogP contribution in [-0.2, 0) is 11.3 Å². The summed E-state index contributed by atoms with van der Waals surface area (Å²) >= 11 is 0. The van der Waals surface area contributed by atoms with Gasteiger partial charge in [-0.25, -0.2) is 4.98 Å². The molecule has 1 amide bonds. The minimum absolute atomic E-state index is 0.0169. The maximum atomic E-state index is 12.4. The number of carbonyl (C=O) groups is 1. The van der Waals surface area contributed by atoms with Gasteiger partial charge in [0.15, 0.2) is 6.61 Å². The molecule has 1 aromatic carbocycles. The molecular weight excluding hydrogens is 356 g/mol. The summed E-state index contributed by atoms with van der Waals surface area (Å²) in [5.74, 6) is 1.45. The van der Waals surface area contributed by atoms with E-state index in [2.05, 4.69) is 16.1 Å². The fourth-order valence-corrected chi connectivity index (χ4v) is 3.36. The summed E-state index contributed by atoms with van der Waals surface area (Å²) < 4.78 is 12.8. The van der Waals surface area contributed by atoms with E-state index in [0.29, 0.717) is 18.8 Å². The molecule has 0 unspecified atom stereocenters. The number of pyridine rings is 1. The maximum absolute atomic E-state index is 12.4. The van der Waals surface area contributed by atoms with Crippen LogP contribution in [0.2, 0.25) is 0 Å². The first-order valence-electron chi connectivity index (χ1n) is 9.41. The van der Waals surface area contributed by atoms with Gasteiger partial charge in [-0.05, 0) is 36.4 Å². The number of nitrogens with zero attached hydrogens (tertiary/aromatic N) is 4. The third-order valence-corrected chi connectivity index (χ3v) is 4.95. The number of hydrogen-bond acceptors (Lipinski definition) is 5. The molecule has 3 aromatic rings. The number of benzene rings is 1. The number of imidazole rings is 1. The number of carbonyl (C=O) groups excluding carboxylic acids is 1. The van der Waals surface area contributed by atoms with E-state index in [1.54, 1.807) is 19.2 Å². The molecule has 1 saturated heterocycles. The molecule has 0 bridgehead atoms. The lowest BCUT2D eigenvalue weighted by Crippen LogP contribution is -2.49. The maximum Gasteiger partial charge on any atom is 0.260 e. The fourth-order valence-electron chi connectivity index (χ4n) is 3.36. The van der Waals surface area contributed by atoms with Gasteiger partial charge in [0.25, 0.3) is 5.91 Å². The quantitative estimate of drug-likeness (QED) is 0.655. The Balaban J connectivity index is 1.24. The van der Waals surface area contributed by atoms with E-state index in [9.17, 15) is 4.79 Å². The lowest BCUT2D eigenvalue weighted by atomic mass is 10.3. The van der Waals surface area contributed by atoms with E-state index in [0.717, 1.165) is 36.7 Å². The summed E-state index contributed by atoms with van der Waals surface area (Å²) in [6.07, 6.45) is 4.07. The normalized spacial score (nSPS) is 15.0. The zero-order chi connectivity index (χ0) is 19.3.